The molecule has 5 rings (SSSR count). The van der Waals surface area contributed by atoms with E-state index in [1.807, 2.05) is 45.9 Å². The highest BCUT2D eigenvalue weighted by Gasteiger charge is 2.31. The number of para-hydroxylation sites is 2. The van der Waals surface area contributed by atoms with Crippen molar-refractivity contribution in [1.82, 2.24) is 14.5 Å². The van der Waals surface area contributed by atoms with Gasteiger partial charge in [0.25, 0.3) is 5.82 Å². The summed E-state index contributed by atoms with van der Waals surface area (Å²) in [4.78, 5) is 8.97. The van der Waals surface area contributed by atoms with Gasteiger partial charge in [0.15, 0.2) is 16.9 Å². The van der Waals surface area contributed by atoms with Gasteiger partial charge in [0, 0.05) is 31.8 Å². The fourth-order valence-corrected chi connectivity index (χ4v) is 4.88. The van der Waals surface area contributed by atoms with Gasteiger partial charge in [-0.2, -0.15) is 4.57 Å². The number of aryl methyl sites for hydroxylation is 2. The molecule has 0 saturated heterocycles. The summed E-state index contributed by atoms with van der Waals surface area (Å²) < 4.78 is 22.9. The van der Waals surface area contributed by atoms with E-state index in [9.17, 15) is 2.74 Å². The van der Waals surface area contributed by atoms with E-state index in [-0.39, 0.29) is 0 Å². The van der Waals surface area contributed by atoms with Gasteiger partial charge in [0.1, 0.15) is 5.69 Å². The number of hydrogen-bond donors (Lipinski definition) is 0. The van der Waals surface area contributed by atoms with Crippen molar-refractivity contribution < 1.29 is 7.31 Å². The van der Waals surface area contributed by atoms with E-state index < -0.39 is 11.8 Å². The van der Waals surface area contributed by atoms with Crippen molar-refractivity contribution in [3.8, 4) is 28.5 Å². The highest BCUT2D eigenvalue weighted by Crippen LogP contribution is 2.39. The lowest BCUT2D eigenvalue weighted by Crippen LogP contribution is -2.30. The van der Waals surface area contributed by atoms with Crippen LogP contribution in [0.4, 0.5) is 0 Å². The van der Waals surface area contributed by atoms with Crippen molar-refractivity contribution in [2.45, 2.75) is 46.4 Å². The second-order valence-electron chi connectivity index (χ2n) is 9.51. The van der Waals surface area contributed by atoms with Crippen LogP contribution in [0.15, 0.2) is 79.1 Å². The Bertz CT molecular complexity index is 1570. The molecule has 4 nitrogen and oxygen atoms in total. The first-order chi connectivity index (χ1) is 17.5. The first kappa shape index (κ1) is 20.6. The van der Waals surface area contributed by atoms with E-state index in [4.69, 9.17) is 0 Å². The van der Waals surface area contributed by atoms with Gasteiger partial charge >= 0.3 is 0 Å². The van der Waals surface area contributed by atoms with E-state index in [0.717, 1.165) is 50.4 Å². The molecule has 176 valence electrons. The molecule has 5 aromatic rings. The van der Waals surface area contributed by atoms with Crippen LogP contribution in [0.5, 0.6) is 0 Å². The predicted octanol–water partition coefficient (Wildman–Crippen LogP) is 7.13. The van der Waals surface area contributed by atoms with Crippen LogP contribution in [-0.4, -0.2) is 14.5 Å². The quantitative estimate of drug-likeness (QED) is 0.260. The van der Waals surface area contributed by atoms with Crippen LogP contribution < -0.4 is 4.57 Å². The largest absolute Gasteiger partial charge is 0.295 e. The predicted molar refractivity (Wildman–Crippen MR) is 144 cm³/mol. The minimum atomic E-state index is -0.951. The van der Waals surface area contributed by atoms with Crippen molar-refractivity contribution in [1.29, 1.82) is 0 Å². The summed E-state index contributed by atoms with van der Waals surface area (Å²) in [6, 6.07) is 22.6. The number of aromatic nitrogens is 4. The standard InChI is InChI=1S/C31H33N4/c1-20(2)25-18-23(30-32-16-11-17-33-30)19-26(21(3)4)29(25)35-28-15-10-9-14-27(28)34(6)31(35)24-13-8-7-12-22(24)5/h7-21H,1-6H3/q+1/i20D,21D. The van der Waals surface area contributed by atoms with Crippen LogP contribution in [0.3, 0.4) is 0 Å². The average Bonchev–Trinajstić information content (AvgIpc) is 3.15. The van der Waals surface area contributed by atoms with E-state index in [1.54, 1.807) is 18.5 Å². The minimum Gasteiger partial charge on any atom is -0.237 e. The highest BCUT2D eigenvalue weighted by molar-refractivity contribution is 5.81. The van der Waals surface area contributed by atoms with E-state index >= 15 is 0 Å². The number of benzene rings is 3. The summed E-state index contributed by atoms with van der Waals surface area (Å²) >= 11 is 0. The molecule has 3 aromatic carbocycles. The van der Waals surface area contributed by atoms with Gasteiger partial charge in [0.2, 0.25) is 0 Å². The average molecular weight is 464 g/mol. The number of rotatable bonds is 5. The number of hydrogen-bond acceptors (Lipinski definition) is 2. The molecule has 0 amide bonds. The Hall–Kier alpha value is -3.79. The van der Waals surface area contributed by atoms with Gasteiger partial charge < -0.3 is 0 Å². The molecule has 4 heteroatoms. The zero-order valence-corrected chi connectivity index (χ0v) is 21.3. The first-order valence-corrected chi connectivity index (χ1v) is 12.0. The normalized spacial score (nSPS) is 13.1. The second kappa shape index (κ2) is 9.10. The van der Waals surface area contributed by atoms with Crippen molar-refractivity contribution in [3.63, 3.8) is 0 Å². The van der Waals surface area contributed by atoms with E-state index in [1.165, 1.54) is 0 Å². The SMILES string of the molecule is [2H]C(C)(C)c1cc(-c2ncccn2)cc(C([2H])(C)C)c1-n1c(-c2ccccc2C)[n+](C)c2ccccc21. The lowest BCUT2D eigenvalue weighted by molar-refractivity contribution is -0.633. The second-order valence-corrected chi connectivity index (χ2v) is 9.51. The Labute approximate surface area is 210 Å². The summed E-state index contributed by atoms with van der Waals surface area (Å²) in [7, 11) is 2.09. The summed E-state index contributed by atoms with van der Waals surface area (Å²) in [6.45, 7) is 9.74. The maximum Gasteiger partial charge on any atom is 0.295 e. The van der Waals surface area contributed by atoms with Gasteiger partial charge in [0.05, 0.1) is 12.6 Å². The van der Waals surface area contributed by atoms with Crippen molar-refractivity contribution in [3.05, 3.63) is 95.8 Å². The molecular weight excluding hydrogens is 428 g/mol. The Morgan fingerprint density at radius 3 is 2.06 bits per heavy atom. The molecule has 0 atom stereocenters. The maximum absolute atomic E-state index is 9.23. The van der Waals surface area contributed by atoms with Gasteiger partial charge in [-0.05, 0) is 60.7 Å². The molecule has 0 radical (unpaired) electrons. The summed E-state index contributed by atoms with van der Waals surface area (Å²) in [5, 5.41) is 0. The molecule has 0 aliphatic rings. The van der Waals surface area contributed by atoms with Crippen molar-refractivity contribution >= 4 is 11.0 Å². The molecule has 35 heavy (non-hydrogen) atoms. The molecule has 0 fully saturated rings. The molecular formula is C31H33N4+. The first-order valence-electron chi connectivity index (χ1n) is 13.0. The summed E-state index contributed by atoms with van der Waals surface area (Å²) in [6.07, 6.45) is 3.45. The zero-order chi connectivity index (χ0) is 26.5. The lowest BCUT2D eigenvalue weighted by Gasteiger charge is -2.20. The van der Waals surface area contributed by atoms with Gasteiger partial charge in [-0.1, -0.05) is 58.0 Å². The van der Waals surface area contributed by atoms with Crippen LogP contribution in [0.25, 0.3) is 39.5 Å². The molecule has 0 spiro atoms. The topological polar surface area (TPSA) is 34.6 Å². The highest BCUT2D eigenvalue weighted by atomic mass is 15.2. The monoisotopic (exact) mass is 463 g/mol. The molecule has 0 N–H and O–H groups in total. The van der Waals surface area contributed by atoms with Gasteiger partial charge in [-0.3, -0.25) is 0 Å². The minimum absolute atomic E-state index is 0.590. The Morgan fingerprint density at radius 2 is 1.43 bits per heavy atom. The van der Waals surface area contributed by atoms with E-state index in [2.05, 4.69) is 75.5 Å². The number of nitrogens with zero attached hydrogens (tertiary/aromatic N) is 4. The smallest absolute Gasteiger partial charge is 0.237 e. The van der Waals surface area contributed by atoms with Crippen LogP contribution in [0, 0.1) is 6.92 Å². The van der Waals surface area contributed by atoms with Crippen LogP contribution in [-0.2, 0) is 7.05 Å². The zero-order valence-electron chi connectivity index (χ0n) is 23.3. The van der Waals surface area contributed by atoms with Crippen LogP contribution in [0.1, 0.15) is 58.9 Å². The van der Waals surface area contributed by atoms with Gasteiger partial charge in [-0.15, -0.1) is 0 Å². The summed E-state index contributed by atoms with van der Waals surface area (Å²) in [5.41, 5.74) is 7.71. The molecule has 2 aromatic heterocycles. The van der Waals surface area contributed by atoms with E-state index in [0.29, 0.717) is 5.82 Å². The molecule has 0 bridgehead atoms. The number of fused-ring (bicyclic) bond motifs is 1. The fraction of sp³-hybridized carbons (Fsp3) is 0.258. The third-order valence-electron chi connectivity index (χ3n) is 6.63. The fourth-order valence-electron chi connectivity index (χ4n) is 4.88. The lowest BCUT2D eigenvalue weighted by atomic mass is 9.89. The van der Waals surface area contributed by atoms with Crippen molar-refractivity contribution in [2.24, 2.45) is 7.05 Å². The molecule has 0 unspecified atom stereocenters. The maximum atomic E-state index is 9.23. The van der Waals surface area contributed by atoms with Gasteiger partial charge in [-0.25, -0.2) is 14.5 Å². The number of imidazole rings is 1. The molecule has 2 heterocycles. The summed E-state index contributed by atoms with van der Waals surface area (Å²) in [5.74, 6) is -0.300. The van der Waals surface area contributed by atoms with Crippen LogP contribution >= 0.6 is 0 Å². The Balaban J connectivity index is 2.00. The van der Waals surface area contributed by atoms with Crippen LogP contribution in [0.2, 0.25) is 0 Å². The third-order valence-corrected chi connectivity index (χ3v) is 6.63. The Morgan fingerprint density at radius 1 is 0.829 bits per heavy atom. The molecule has 0 saturated carbocycles. The molecule has 0 aliphatic carbocycles. The Kier molecular flexibility index (Phi) is 5.35. The van der Waals surface area contributed by atoms with Crippen molar-refractivity contribution in [2.75, 3.05) is 0 Å². The third kappa shape index (κ3) is 3.93. The molecule has 0 aliphatic heterocycles.